The lowest BCUT2D eigenvalue weighted by Crippen LogP contribution is -2.42. The molecule has 1 aromatic heterocycles. The molecule has 2 unspecified atom stereocenters. The van der Waals surface area contributed by atoms with Crippen molar-refractivity contribution in [2.24, 2.45) is 11.8 Å². The van der Waals surface area contributed by atoms with E-state index in [2.05, 4.69) is 24.1 Å². The van der Waals surface area contributed by atoms with E-state index in [1.165, 1.54) is 11.3 Å². The summed E-state index contributed by atoms with van der Waals surface area (Å²) >= 11 is 1.32. The van der Waals surface area contributed by atoms with Gasteiger partial charge in [0, 0.05) is 26.7 Å². The van der Waals surface area contributed by atoms with E-state index in [1.807, 2.05) is 4.90 Å². The number of nitrogens with zero attached hydrogens (tertiary/aromatic N) is 2. The molecule has 0 radical (unpaired) electrons. The van der Waals surface area contributed by atoms with Crippen LogP contribution >= 0.6 is 11.3 Å². The van der Waals surface area contributed by atoms with Crippen LogP contribution < -0.4 is 11.1 Å². The van der Waals surface area contributed by atoms with Gasteiger partial charge in [0.05, 0.1) is 6.61 Å². The molecule has 1 aromatic rings. The first-order valence-corrected chi connectivity index (χ1v) is 8.13. The third kappa shape index (κ3) is 3.85. The first kappa shape index (κ1) is 16.0. The molecule has 6 nitrogen and oxygen atoms in total. The SMILES string of the molecule is COCCNc1nc(N)c(C(=O)N2CCC(C)C(C)C2)s1. The number of hydrogen-bond donors (Lipinski definition) is 2. The molecule has 0 saturated carbocycles. The van der Waals surface area contributed by atoms with Gasteiger partial charge in [-0.1, -0.05) is 25.2 Å². The van der Waals surface area contributed by atoms with E-state index < -0.39 is 0 Å². The summed E-state index contributed by atoms with van der Waals surface area (Å²) in [6.07, 6.45) is 1.05. The molecule has 2 atom stereocenters. The minimum Gasteiger partial charge on any atom is -0.383 e. The Labute approximate surface area is 129 Å². The predicted molar refractivity (Wildman–Crippen MR) is 85.7 cm³/mol. The number of nitrogen functional groups attached to an aromatic ring is 1. The standard InChI is InChI=1S/C14H24N4O2S/c1-9-4-6-18(8-10(9)2)13(19)11-12(15)17-14(21-11)16-5-7-20-3/h9-10H,4-8,15H2,1-3H3,(H,16,17). The number of rotatable bonds is 5. The van der Waals surface area contributed by atoms with Gasteiger partial charge in [-0.2, -0.15) is 0 Å². The average Bonchev–Trinajstić information content (AvgIpc) is 2.82. The van der Waals surface area contributed by atoms with Gasteiger partial charge < -0.3 is 20.7 Å². The van der Waals surface area contributed by atoms with Gasteiger partial charge in [0.2, 0.25) is 0 Å². The van der Waals surface area contributed by atoms with Crippen molar-refractivity contribution in [3.63, 3.8) is 0 Å². The molecule has 0 spiro atoms. The first-order valence-electron chi connectivity index (χ1n) is 7.31. The van der Waals surface area contributed by atoms with E-state index in [-0.39, 0.29) is 5.91 Å². The summed E-state index contributed by atoms with van der Waals surface area (Å²) in [5.74, 6) is 1.51. The predicted octanol–water partition coefficient (Wildman–Crippen LogP) is 1.90. The van der Waals surface area contributed by atoms with Gasteiger partial charge >= 0.3 is 0 Å². The highest BCUT2D eigenvalue weighted by Gasteiger charge is 2.29. The second kappa shape index (κ2) is 7.09. The zero-order valence-corrected chi connectivity index (χ0v) is 13.7. The summed E-state index contributed by atoms with van der Waals surface area (Å²) in [6.45, 7) is 7.26. The highest BCUT2D eigenvalue weighted by molar-refractivity contribution is 7.18. The van der Waals surface area contributed by atoms with Crippen LogP contribution in [0.3, 0.4) is 0 Å². The van der Waals surface area contributed by atoms with Crippen molar-refractivity contribution in [2.45, 2.75) is 20.3 Å². The van der Waals surface area contributed by atoms with Crippen LogP contribution in [-0.2, 0) is 4.74 Å². The molecule has 0 aliphatic carbocycles. The van der Waals surface area contributed by atoms with Crippen molar-refractivity contribution in [2.75, 3.05) is 44.4 Å². The largest absolute Gasteiger partial charge is 0.383 e. The lowest BCUT2D eigenvalue weighted by atomic mass is 9.88. The van der Waals surface area contributed by atoms with Crippen molar-refractivity contribution in [3.8, 4) is 0 Å². The normalized spacial score (nSPS) is 22.3. The fourth-order valence-electron chi connectivity index (χ4n) is 2.41. The van der Waals surface area contributed by atoms with Gasteiger partial charge in [-0.05, 0) is 18.3 Å². The molecule has 2 rings (SSSR count). The van der Waals surface area contributed by atoms with Gasteiger partial charge in [-0.3, -0.25) is 4.79 Å². The van der Waals surface area contributed by atoms with Crippen molar-refractivity contribution < 1.29 is 9.53 Å². The van der Waals surface area contributed by atoms with E-state index in [0.717, 1.165) is 19.5 Å². The van der Waals surface area contributed by atoms with Crippen LogP contribution in [0.4, 0.5) is 10.9 Å². The maximum Gasteiger partial charge on any atom is 0.267 e. The summed E-state index contributed by atoms with van der Waals surface area (Å²) in [6, 6.07) is 0. The molecule has 1 amide bonds. The van der Waals surface area contributed by atoms with Gasteiger partial charge in [0.25, 0.3) is 5.91 Å². The minimum absolute atomic E-state index is 0.00328. The molecule has 3 N–H and O–H groups in total. The van der Waals surface area contributed by atoms with Crippen LogP contribution in [0.15, 0.2) is 0 Å². The Morgan fingerprint density at radius 3 is 2.95 bits per heavy atom. The monoisotopic (exact) mass is 312 g/mol. The fourth-order valence-corrected chi connectivity index (χ4v) is 3.29. The maximum atomic E-state index is 12.6. The number of thiazole rings is 1. The number of anilines is 2. The van der Waals surface area contributed by atoms with Gasteiger partial charge in [-0.15, -0.1) is 0 Å². The number of nitrogens with one attached hydrogen (secondary N) is 1. The lowest BCUT2D eigenvalue weighted by Gasteiger charge is -2.35. The molecule has 118 valence electrons. The zero-order valence-electron chi connectivity index (χ0n) is 12.9. The van der Waals surface area contributed by atoms with Crippen LogP contribution in [0.25, 0.3) is 0 Å². The van der Waals surface area contributed by atoms with Crippen LogP contribution in [0.5, 0.6) is 0 Å². The zero-order chi connectivity index (χ0) is 15.4. The van der Waals surface area contributed by atoms with Crippen LogP contribution in [0.2, 0.25) is 0 Å². The molecule has 1 fully saturated rings. The number of nitrogens with two attached hydrogens (primary N) is 1. The highest BCUT2D eigenvalue weighted by Crippen LogP contribution is 2.29. The number of amides is 1. The Hall–Kier alpha value is -1.34. The van der Waals surface area contributed by atoms with Crippen molar-refractivity contribution in [3.05, 3.63) is 4.88 Å². The van der Waals surface area contributed by atoms with E-state index in [0.29, 0.717) is 40.8 Å². The number of carbonyl (C=O) groups is 1. The molecular formula is C14H24N4O2S. The second-order valence-electron chi connectivity index (χ2n) is 5.65. The maximum absolute atomic E-state index is 12.6. The number of hydrogen-bond acceptors (Lipinski definition) is 6. The van der Waals surface area contributed by atoms with Crippen LogP contribution in [-0.4, -0.2) is 49.1 Å². The van der Waals surface area contributed by atoms with E-state index in [9.17, 15) is 4.79 Å². The lowest BCUT2D eigenvalue weighted by molar-refractivity contribution is 0.0633. The van der Waals surface area contributed by atoms with Crippen molar-refractivity contribution >= 4 is 28.2 Å². The summed E-state index contributed by atoms with van der Waals surface area (Å²) in [4.78, 5) is 19.2. The summed E-state index contributed by atoms with van der Waals surface area (Å²) < 4.78 is 4.97. The molecular weight excluding hydrogens is 288 g/mol. The molecule has 1 aliphatic rings. The summed E-state index contributed by atoms with van der Waals surface area (Å²) in [5, 5.41) is 3.78. The second-order valence-corrected chi connectivity index (χ2v) is 6.65. The number of aromatic nitrogens is 1. The quantitative estimate of drug-likeness (QED) is 0.812. The Kier molecular flexibility index (Phi) is 5.41. The molecule has 21 heavy (non-hydrogen) atoms. The molecule has 2 heterocycles. The Morgan fingerprint density at radius 2 is 2.29 bits per heavy atom. The summed E-state index contributed by atoms with van der Waals surface area (Å²) in [7, 11) is 1.64. The minimum atomic E-state index is 0.00328. The van der Waals surface area contributed by atoms with Crippen LogP contribution in [0.1, 0.15) is 29.9 Å². The Morgan fingerprint density at radius 1 is 1.52 bits per heavy atom. The number of carbonyl (C=O) groups excluding carboxylic acids is 1. The molecule has 1 saturated heterocycles. The molecule has 7 heteroatoms. The molecule has 0 aromatic carbocycles. The van der Waals surface area contributed by atoms with Crippen molar-refractivity contribution in [1.82, 2.24) is 9.88 Å². The average molecular weight is 312 g/mol. The van der Waals surface area contributed by atoms with Gasteiger partial charge in [0.1, 0.15) is 10.7 Å². The third-order valence-corrected chi connectivity index (χ3v) is 5.07. The number of methoxy groups -OCH3 is 1. The topological polar surface area (TPSA) is 80.5 Å². The summed E-state index contributed by atoms with van der Waals surface area (Å²) in [5.41, 5.74) is 5.90. The van der Waals surface area contributed by atoms with Crippen molar-refractivity contribution in [1.29, 1.82) is 0 Å². The molecule has 1 aliphatic heterocycles. The highest BCUT2D eigenvalue weighted by atomic mass is 32.1. The van der Waals surface area contributed by atoms with Gasteiger partial charge in [0.15, 0.2) is 5.13 Å². The van der Waals surface area contributed by atoms with Gasteiger partial charge in [-0.25, -0.2) is 4.98 Å². The third-order valence-electron chi connectivity index (χ3n) is 4.05. The first-order chi connectivity index (χ1) is 10.0. The fraction of sp³-hybridized carbons (Fsp3) is 0.714. The Balaban J connectivity index is 2.02. The van der Waals surface area contributed by atoms with E-state index >= 15 is 0 Å². The van der Waals surface area contributed by atoms with E-state index in [4.69, 9.17) is 10.5 Å². The number of piperidine rings is 1. The van der Waals surface area contributed by atoms with E-state index in [1.54, 1.807) is 7.11 Å². The Bertz CT molecular complexity index is 491. The number of likely N-dealkylation sites (tertiary alicyclic amines) is 1. The van der Waals surface area contributed by atoms with Crippen LogP contribution in [0, 0.1) is 11.8 Å². The smallest absolute Gasteiger partial charge is 0.267 e. The number of ether oxygens (including phenoxy) is 1. The molecule has 0 bridgehead atoms.